The number of nitrogens with zero attached hydrogens (tertiary/aromatic N) is 1. The summed E-state index contributed by atoms with van der Waals surface area (Å²) in [6.07, 6.45) is -2.78. The molecule has 1 saturated heterocycles. The molecule has 0 saturated carbocycles. The van der Waals surface area contributed by atoms with Gasteiger partial charge in [-0.25, -0.2) is 18.5 Å². The van der Waals surface area contributed by atoms with Crippen LogP contribution in [-0.2, 0) is 31.6 Å². The fraction of sp³-hybridized carbons (Fsp3) is 0.636. The third-order valence-electron chi connectivity index (χ3n) is 4.12. The number of H-pyrrole nitrogens is 1. The second kappa shape index (κ2) is 9.13. The van der Waals surface area contributed by atoms with Crippen LogP contribution in [0.1, 0.15) is 13.2 Å². The molecule has 0 aliphatic carbocycles. The molecule has 1 aliphatic heterocycles. The van der Waals surface area contributed by atoms with Crippen molar-refractivity contribution >= 4 is 35.1 Å². The van der Waals surface area contributed by atoms with Crippen molar-refractivity contribution in [2.45, 2.75) is 30.5 Å². The Bertz CT molecular complexity index is 1110. The Balaban J connectivity index is 2.28. The molecular formula is C11H18ClN2O15P3. The van der Waals surface area contributed by atoms with E-state index in [1.807, 2.05) is 4.98 Å². The number of alkyl halides is 1. The molecule has 1 aromatic heterocycles. The van der Waals surface area contributed by atoms with Crippen molar-refractivity contribution in [3.05, 3.63) is 33.1 Å². The van der Waals surface area contributed by atoms with E-state index in [1.165, 1.54) is 0 Å². The summed E-state index contributed by atoms with van der Waals surface area (Å²) in [7, 11) is -17.0. The van der Waals surface area contributed by atoms with Gasteiger partial charge in [-0.15, -0.1) is 11.6 Å². The van der Waals surface area contributed by atoms with Crippen LogP contribution < -0.4 is 11.2 Å². The second-order valence-electron chi connectivity index (χ2n) is 6.68. The molecule has 0 bridgehead atoms. The molecule has 0 radical (unpaired) electrons. The van der Waals surface area contributed by atoms with Crippen LogP contribution in [0.25, 0.3) is 0 Å². The minimum Gasteiger partial charge on any atom is -0.387 e. The molecule has 0 amide bonds. The highest BCUT2D eigenvalue weighted by Gasteiger charge is 2.62. The molecule has 21 heteroatoms. The number of phosphoric acid groups is 3. The van der Waals surface area contributed by atoms with Gasteiger partial charge in [-0.2, -0.15) is 8.62 Å². The SMILES string of the molecule is CC1(O)C(n2ccc(=O)[nH]c2=O)OC(CCl)(COP(=O)(O)OP(=O)(O)OP(=O)(O)O)C1O. The van der Waals surface area contributed by atoms with Crippen LogP contribution in [-0.4, -0.2) is 69.1 Å². The monoisotopic (exact) mass is 546 g/mol. The fourth-order valence-corrected chi connectivity index (χ4v) is 6.14. The average Bonchev–Trinajstić information content (AvgIpc) is 2.78. The second-order valence-corrected chi connectivity index (χ2v) is 11.4. The standard InChI is InChI=1S/C11H18ClN2O15P3/c1-10(18)7(16)11(4-12,27-8(10)14-3-2-6(15)13-9(14)17)5-26-31(22,23)29-32(24,25)28-30(19,20)21/h2-3,7-8,16,18H,4-5H2,1H3,(H,22,23)(H,24,25)(H,13,15,17)(H2,19,20,21). The quantitative estimate of drug-likeness (QED) is 0.137. The van der Waals surface area contributed by atoms with Crippen LogP contribution in [0.3, 0.4) is 0 Å². The van der Waals surface area contributed by atoms with E-state index < -0.39 is 70.7 Å². The van der Waals surface area contributed by atoms with Gasteiger partial charge in [0.05, 0.1) is 12.5 Å². The number of aromatic nitrogens is 2. The predicted octanol–water partition coefficient (Wildman–Crippen LogP) is -1.50. The molecule has 1 fully saturated rings. The van der Waals surface area contributed by atoms with Crippen molar-refractivity contribution in [1.82, 2.24) is 9.55 Å². The summed E-state index contributed by atoms with van der Waals surface area (Å²) >= 11 is 5.79. The van der Waals surface area contributed by atoms with Crippen LogP contribution in [0.2, 0.25) is 0 Å². The largest absolute Gasteiger partial charge is 0.490 e. The zero-order valence-electron chi connectivity index (χ0n) is 15.7. The van der Waals surface area contributed by atoms with Gasteiger partial charge >= 0.3 is 29.2 Å². The number of halogens is 1. The van der Waals surface area contributed by atoms with E-state index >= 15 is 0 Å². The van der Waals surface area contributed by atoms with E-state index in [0.717, 1.165) is 19.2 Å². The van der Waals surface area contributed by atoms with Gasteiger partial charge in [0.15, 0.2) is 6.23 Å². The number of aliphatic hydroxyl groups is 2. The van der Waals surface area contributed by atoms with Gasteiger partial charge in [-0.1, -0.05) is 0 Å². The normalized spacial score (nSPS) is 32.4. The van der Waals surface area contributed by atoms with Crippen LogP contribution in [0, 0.1) is 0 Å². The third kappa shape index (κ3) is 6.23. The van der Waals surface area contributed by atoms with Crippen molar-refractivity contribution < 1.29 is 61.4 Å². The first-order valence-electron chi connectivity index (χ1n) is 8.08. The highest BCUT2D eigenvalue weighted by molar-refractivity contribution is 7.66. The van der Waals surface area contributed by atoms with Gasteiger partial charge in [0.2, 0.25) is 0 Å². The van der Waals surface area contributed by atoms with Gasteiger partial charge in [0.25, 0.3) is 5.56 Å². The Morgan fingerprint density at radius 3 is 2.28 bits per heavy atom. The van der Waals surface area contributed by atoms with E-state index in [2.05, 4.69) is 13.1 Å². The molecule has 0 spiro atoms. The van der Waals surface area contributed by atoms with Crippen molar-refractivity contribution in [3.8, 4) is 0 Å². The molecule has 1 aromatic rings. The molecular weight excluding hydrogens is 528 g/mol. The number of nitrogens with one attached hydrogen (secondary N) is 1. The Morgan fingerprint density at radius 1 is 1.19 bits per heavy atom. The predicted molar refractivity (Wildman–Crippen MR) is 101 cm³/mol. The summed E-state index contributed by atoms with van der Waals surface area (Å²) in [5.74, 6) is -0.741. The highest BCUT2D eigenvalue weighted by Crippen LogP contribution is 2.66. The number of rotatable bonds is 9. The number of hydrogen-bond acceptors (Lipinski definition) is 11. The van der Waals surface area contributed by atoms with Crippen molar-refractivity contribution in [1.29, 1.82) is 0 Å². The molecule has 7 N–H and O–H groups in total. The minimum atomic E-state index is -5.81. The van der Waals surface area contributed by atoms with E-state index in [-0.39, 0.29) is 0 Å². The number of hydrogen-bond donors (Lipinski definition) is 7. The van der Waals surface area contributed by atoms with Crippen LogP contribution >= 0.6 is 35.1 Å². The first-order chi connectivity index (χ1) is 14.3. The van der Waals surface area contributed by atoms with Gasteiger partial charge < -0.3 is 34.5 Å². The summed E-state index contributed by atoms with van der Waals surface area (Å²) in [4.78, 5) is 61.0. The van der Waals surface area contributed by atoms with Crippen molar-refractivity contribution in [3.63, 3.8) is 0 Å². The fourth-order valence-electron chi connectivity index (χ4n) is 2.77. The van der Waals surface area contributed by atoms with E-state index in [4.69, 9.17) is 26.1 Å². The van der Waals surface area contributed by atoms with E-state index in [0.29, 0.717) is 4.57 Å². The van der Waals surface area contributed by atoms with Crippen LogP contribution in [0.15, 0.2) is 21.9 Å². The molecule has 1 aliphatic rings. The van der Waals surface area contributed by atoms with E-state index in [9.17, 15) is 43.3 Å². The maximum absolute atomic E-state index is 12.0. The Labute approximate surface area is 182 Å². The molecule has 2 rings (SSSR count). The Morgan fingerprint density at radius 2 is 1.78 bits per heavy atom. The lowest BCUT2D eigenvalue weighted by atomic mass is 9.89. The van der Waals surface area contributed by atoms with Crippen LogP contribution in [0.5, 0.6) is 0 Å². The molecule has 32 heavy (non-hydrogen) atoms. The zero-order valence-corrected chi connectivity index (χ0v) is 19.2. The van der Waals surface area contributed by atoms with Crippen molar-refractivity contribution in [2.75, 3.05) is 12.5 Å². The summed E-state index contributed by atoms with van der Waals surface area (Å²) in [5, 5.41) is 21.2. The third-order valence-corrected chi connectivity index (χ3v) is 8.35. The topological polar surface area (TPSA) is 264 Å². The molecule has 6 atom stereocenters. The number of aromatic amines is 1. The molecule has 184 valence electrons. The van der Waals surface area contributed by atoms with Gasteiger partial charge in [0.1, 0.15) is 17.3 Å². The summed E-state index contributed by atoms with van der Waals surface area (Å²) in [6.45, 7) is -0.189. The number of ether oxygens (including phenoxy) is 1. The molecule has 17 nitrogen and oxygen atoms in total. The lowest BCUT2D eigenvalue weighted by Gasteiger charge is -2.31. The average molecular weight is 547 g/mol. The summed E-state index contributed by atoms with van der Waals surface area (Å²) in [5.41, 5.74) is -6.35. The first kappa shape index (κ1) is 27.5. The van der Waals surface area contributed by atoms with Gasteiger partial charge in [-0.3, -0.25) is 18.9 Å². The molecule has 6 unspecified atom stereocenters. The Kier molecular flexibility index (Phi) is 7.85. The lowest BCUT2D eigenvalue weighted by Crippen LogP contribution is -2.53. The first-order valence-corrected chi connectivity index (χ1v) is 13.1. The molecule has 0 aromatic carbocycles. The minimum absolute atomic E-state index is 0.684. The maximum Gasteiger partial charge on any atom is 0.490 e. The zero-order chi connectivity index (χ0) is 24.8. The van der Waals surface area contributed by atoms with Crippen LogP contribution in [0.4, 0.5) is 0 Å². The molecule has 2 heterocycles. The summed E-state index contributed by atoms with van der Waals surface area (Å²) < 4.78 is 51.7. The smallest absolute Gasteiger partial charge is 0.387 e. The number of phosphoric ester groups is 1. The number of aliphatic hydroxyl groups excluding tert-OH is 1. The van der Waals surface area contributed by atoms with Gasteiger partial charge in [0, 0.05) is 12.3 Å². The summed E-state index contributed by atoms with van der Waals surface area (Å²) in [6, 6.07) is 0.903. The highest BCUT2D eigenvalue weighted by atomic mass is 35.5. The lowest BCUT2D eigenvalue weighted by molar-refractivity contribution is -0.119. The maximum atomic E-state index is 12.0. The van der Waals surface area contributed by atoms with E-state index in [1.54, 1.807) is 0 Å². The Hall–Kier alpha value is -0.740. The van der Waals surface area contributed by atoms with Crippen molar-refractivity contribution in [2.24, 2.45) is 0 Å². The van der Waals surface area contributed by atoms with Gasteiger partial charge in [-0.05, 0) is 6.92 Å².